The predicted octanol–water partition coefficient (Wildman–Crippen LogP) is 2.47. The maximum atomic E-state index is 5.39. The Morgan fingerprint density at radius 1 is 1.32 bits per heavy atom. The zero-order valence-electron chi connectivity index (χ0n) is 12.5. The quantitative estimate of drug-likeness (QED) is 0.687. The van der Waals surface area contributed by atoms with Crippen LogP contribution in [0.3, 0.4) is 0 Å². The molecule has 4 nitrogen and oxygen atoms in total. The van der Waals surface area contributed by atoms with Crippen LogP contribution in [-0.4, -0.2) is 52.6 Å². The third-order valence-corrected chi connectivity index (χ3v) is 5.18. The third kappa shape index (κ3) is 3.63. The first-order valence-corrected chi connectivity index (χ1v) is 8.69. The van der Waals surface area contributed by atoms with Gasteiger partial charge in [-0.3, -0.25) is 4.90 Å². The van der Waals surface area contributed by atoms with Crippen molar-refractivity contribution in [3.05, 3.63) is 41.9 Å². The van der Waals surface area contributed by atoms with Gasteiger partial charge in [0.2, 0.25) is 0 Å². The number of nitrogens with one attached hydrogen (secondary N) is 1. The zero-order chi connectivity index (χ0) is 15.4. The lowest BCUT2D eigenvalue weighted by molar-refractivity contribution is 0.174. The van der Waals surface area contributed by atoms with Crippen molar-refractivity contribution < 1.29 is 0 Å². The van der Waals surface area contributed by atoms with Gasteiger partial charge >= 0.3 is 0 Å². The van der Waals surface area contributed by atoms with Crippen LogP contribution in [0.25, 0.3) is 10.2 Å². The summed E-state index contributed by atoms with van der Waals surface area (Å²) in [6.45, 7) is 9.33. The van der Waals surface area contributed by atoms with E-state index in [-0.39, 0.29) is 0 Å². The summed E-state index contributed by atoms with van der Waals surface area (Å²) in [5, 5.41) is 5.22. The number of aromatic nitrogens is 1. The molecule has 0 unspecified atom stereocenters. The second-order valence-electron chi connectivity index (χ2n) is 5.31. The van der Waals surface area contributed by atoms with E-state index < -0.39 is 0 Å². The summed E-state index contributed by atoms with van der Waals surface area (Å²) in [6, 6.07) is 8.33. The maximum Gasteiger partial charge on any atom is 0.169 e. The highest BCUT2D eigenvalue weighted by Crippen LogP contribution is 2.22. The average Bonchev–Trinajstić information content (AvgIpc) is 2.95. The van der Waals surface area contributed by atoms with Crippen LogP contribution in [0.2, 0.25) is 0 Å². The molecule has 1 aromatic heterocycles. The molecule has 6 heteroatoms. The van der Waals surface area contributed by atoms with Crippen LogP contribution in [-0.2, 0) is 6.54 Å². The van der Waals surface area contributed by atoms with Gasteiger partial charge in [-0.05, 0) is 24.4 Å². The molecule has 2 heterocycles. The highest BCUT2D eigenvalue weighted by Gasteiger charge is 2.19. The summed E-state index contributed by atoms with van der Waals surface area (Å²) in [4.78, 5) is 9.39. The van der Waals surface area contributed by atoms with Gasteiger partial charge in [-0.2, -0.15) is 0 Å². The lowest BCUT2D eigenvalue weighted by Gasteiger charge is -2.35. The third-order valence-electron chi connectivity index (χ3n) is 3.75. The Bertz CT molecular complexity index is 626. The van der Waals surface area contributed by atoms with Gasteiger partial charge in [0, 0.05) is 32.7 Å². The maximum absolute atomic E-state index is 5.39. The second-order valence-corrected chi connectivity index (χ2v) is 6.82. The summed E-state index contributed by atoms with van der Waals surface area (Å²) >= 11 is 7.18. The number of thiocarbonyl (C=S) groups is 1. The molecule has 1 aromatic carbocycles. The molecule has 3 rings (SSSR count). The first-order chi connectivity index (χ1) is 10.8. The summed E-state index contributed by atoms with van der Waals surface area (Å²) in [7, 11) is 0. The number of thiazole rings is 1. The fraction of sp³-hybridized carbons (Fsp3) is 0.375. The van der Waals surface area contributed by atoms with Crippen molar-refractivity contribution in [2.75, 3.05) is 32.7 Å². The normalized spacial score (nSPS) is 15.9. The molecular formula is C16H20N4S2. The molecule has 0 aliphatic carbocycles. The molecule has 0 saturated carbocycles. The number of para-hydroxylation sites is 1. The van der Waals surface area contributed by atoms with Crippen LogP contribution in [0, 0.1) is 0 Å². The molecule has 0 spiro atoms. The molecule has 22 heavy (non-hydrogen) atoms. The Morgan fingerprint density at radius 3 is 2.82 bits per heavy atom. The zero-order valence-corrected chi connectivity index (χ0v) is 14.1. The minimum Gasteiger partial charge on any atom is -0.359 e. The van der Waals surface area contributed by atoms with Crippen molar-refractivity contribution in [3.8, 4) is 0 Å². The number of hydrogen-bond acceptors (Lipinski definition) is 4. The van der Waals surface area contributed by atoms with E-state index in [0.717, 1.165) is 49.9 Å². The molecule has 1 N–H and O–H groups in total. The van der Waals surface area contributed by atoms with Gasteiger partial charge in [-0.1, -0.05) is 18.2 Å². The van der Waals surface area contributed by atoms with E-state index in [9.17, 15) is 0 Å². The molecular weight excluding hydrogens is 312 g/mol. The summed E-state index contributed by atoms with van der Waals surface area (Å²) in [5.74, 6) is 0. The van der Waals surface area contributed by atoms with Gasteiger partial charge in [0.25, 0.3) is 0 Å². The van der Waals surface area contributed by atoms with Gasteiger partial charge < -0.3 is 10.2 Å². The van der Waals surface area contributed by atoms with Crippen LogP contribution >= 0.6 is 23.6 Å². The van der Waals surface area contributed by atoms with E-state index in [4.69, 9.17) is 17.2 Å². The van der Waals surface area contributed by atoms with E-state index >= 15 is 0 Å². The smallest absolute Gasteiger partial charge is 0.169 e. The molecule has 0 amide bonds. The topological polar surface area (TPSA) is 31.4 Å². The van der Waals surface area contributed by atoms with Crippen molar-refractivity contribution in [1.29, 1.82) is 0 Å². The highest BCUT2D eigenvalue weighted by molar-refractivity contribution is 7.80. The van der Waals surface area contributed by atoms with Gasteiger partial charge in [-0.15, -0.1) is 17.9 Å². The lowest BCUT2D eigenvalue weighted by Crippen LogP contribution is -2.51. The van der Waals surface area contributed by atoms with Crippen molar-refractivity contribution in [2.24, 2.45) is 0 Å². The fourth-order valence-electron chi connectivity index (χ4n) is 2.56. The van der Waals surface area contributed by atoms with Crippen LogP contribution < -0.4 is 5.32 Å². The van der Waals surface area contributed by atoms with Crippen LogP contribution in [0.15, 0.2) is 36.9 Å². The Hall–Kier alpha value is -1.50. The molecule has 116 valence electrons. The lowest BCUT2D eigenvalue weighted by atomic mass is 10.3. The summed E-state index contributed by atoms with van der Waals surface area (Å²) in [6.07, 6.45) is 1.83. The van der Waals surface area contributed by atoms with E-state index in [0.29, 0.717) is 0 Å². The van der Waals surface area contributed by atoms with E-state index in [1.54, 1.807) is 11.3 Å². The van der Waals surface area contributed by atoms with Gasteiger partial charge in [0.1, 0.15) is 5.01 Å². The number of benzene rings is 1. The first kappa shape index (κ1) is 15.4. The molecule has 1 aliphatic rings. The monoisotopic (exact) mass is 332 g/mol. The molecule has 0 bridgehead atoms. The molecule has 1 fully saturated rings. The summed E-state index contributed by atoms with van der Waals surface area (Å²) < 4.78 is 1.27. The SMILES string of the molecule is C=CCNC(=S)N1CCN(Cc2nc3ccccc3s2)CC1. The van der Waals surface area contributed by atoms with Crippen LogP contribution in [0.4, 0.5) is 0 Å². The Balaban J connectivity index is 1.53. The number of rotatable bonds is 4. The first-order valence-electron chi connectivity index (χ1n) is 7.47. The van der Waals surface area contributed by atoms with Gasteiger partial charge in [-0.25, -0.2) is 4.98 Å². The summed E-state index contributed by atoms with van der Waals surface area (Å²) in [5.41, 5.74) is 1.11. The average molecular weight is 332 g/mol. The molecule has 1 aliphatic heterocycles. The standard InChI is InChI=1S/C16H20N4S2/c1-2-7-17-16(21)20-10-8-19(9-11-20)12-15-18-13-5-3-4-6-14(13)22-15/h2-6H,1,7-12H2,(H,17,21). The minimum atomic E-state index is 0.727. The largest absolute Gasteiger partial charge is 0.359 e. The van der Waals surface area contributed by atoms with Crippen molar-refractivity contribution in [3.63, 3.8) is 0 Å². The second kappa shape index (κ2) is 7.17. The molecule has 0 atom stereocenters. The van der Waals surface area contributed by atoms with Crippen molar-refractivity contribution in [1.82, 2.24) is 20.1 Å². The molecule has 1 saturated heterocycles. The van der Waals surface area contributed by atoms with Gasteiger partial charge in [0.15, 0.2) is 5.11 Å². The fourth-order valence-corrected chi connectivity index (χ4v) is 3.83. The Morgan fingerprint density at radius 2 is 2.09 bits per heavy atom. The van der Waals surface area contributed by atoms with E-state index in [1.165, 1.54) is 9.71 Å². The highest BCUT2D eigenvalue weighted by atomic mass is 32.1. The minimum absolute atomic E-state index is 0.727. The predicted molar refractivity (Wildman–Crippen MR) is 97.3 cm³/mol. The van der Waals surface area contributed by atoms with Crippen molar-refractivity contribution >= 4 is 38.9 Å². The molecule has 0 radical (unpaired) electrons. The van der Waals surface area contributed by atoms with Gasteiger partial charge in [0.05, 0.1) is 16.8 Å². The van der Waals surface area contributed by atoms with Crippen LogP contribution in [0.1, 0.15) is 5.01 Å². The van der Waals surface area contributed by atoms with Crippen LogP contribution in [0.5, 0.6) is 0 Å². The molecule has 2 aromatic rings. The number of piperazine rings is 1. The number of nitrogens with zero attached hydrogens (tertiary/aromatic N) is 3. The van der Waals surface area contributed by atoms with E-state index in [1.807, 2.05) is 12.1 Å². The van der Waals surface area contributed by atoms with Crippen molar-refractivity contribution in [2.45, 2.75) is 6.54 Å². The Kier molecular flexibility index (Phi) is 5.02. The van der Waals surface area contributed by atoms with E-state index in [2.05, 4.69) is 39.9 Å². The Labute approximate surface area is 140 Å². The number of hydrogen-bond donors (Lipinski definition) is 1. The number of fused-ring (bicyclic) bond motifs is 1.